The first-order valence-electron chi connectivity index (χ1n) is 13.8. The summed E-state index contributed by atoms with van der Waals surface area (Å²) in [5.74, 6) is 3.97. The number of benzene rings is 2. The fourth-order valence-corrected chi connectivity index (χ4v) is 6.18. The molecular weight excluding hydrogens is 541 g/mol. The summed E-state index contributed by atoms with van der Waals surface area (Å²) in [5.41, 5.74) is 2.26. The van der Waals surface area contributed by atoms with Gasteiger partial charge in [-0.3, -0.25) is 0 Å². The molecule has 0 unspecified atom stereocenters. The van der Waals surface area contributed by atoms with E-state index in [-0.39, 0.29) is 0 Å². The topological polar surface area (TPSA) is 60.1 Å². The minimum atomic E-state index is 0.884. The van der Waals surface area contributed by atoms with E-state index in [0.29, 0.717) is 0 Å². The van der Waals surface area contributed by atoms with Crippen molar-refractivity contribution in [3.8, 4) is 11.5 Å². The third-order valence-corrected chi connectivity index (χ3v) is 8.83. The van der Waals surface area contributed by atoms with Gasteiger partial charge in [-0.05, 0) is 48.5 Å². The molecule has 4 rings (SSSR count). The van der Waals surface area contributed by atoms with Gasteiger partial charge in [-0.1, -0.05) is 21.6 Å². The summed E-state index contributed by atoms with van der Waals surface area (Å²) in [7, 11) is 7.29. The lowest BCUT2D eigenvalue weighted by atomic mass is 10.3. The lowest BCUT2D eigenvalue weighted by molar-refractivity contribution is -0.696. The molecule has 0 fully saturated rings. The average Bonchev–Trinajstić information content (AvgIpc) is 3.65. The first-order chi connectivity index (χ1) is 19.7. The van der Waals surface area contributed by atoms with Crippen LogP contribution >= 0.6 is 21.6 Å². The van der Waals surface area contributed by atoms with Crippen LogP contribution in [0.25, 0.3) is 0 Å². The van der Waals surface area contributed by atoms with Crippen molar-refractivity contribution in [2.45, 2.75) is 39.0 Å². The maximum atomic E-state index is 5.21. The number of rotatable bonds is 19. The summed E-state index contributed by atoms with van der Waals surface area (Å²) >= 11 is 0. The zero-order valence-electron chi connectivity index (χ0n) is 23.6. The van der Waals surface area contributed by atoms with Crippen LogP contribution in [0.2, 0.25) is 0 Å². The van der Waals surface area contributed by atoms with E-state index in [4.69, 9.17) is 9.47 Å². The Balaban J connectivity index is 1.00. The second-order valence-electron chi connectivity index (χ2n) is 9.44. The number of anilines is 2. The lowest BCUT2D eigenvalue weighted by Crippen LogP contribution is -2.32. The van der Waals surface area contributed by atoms with E-state index in [0.717, 1.165) is 86.5 Å². The molecule has 0 amide bonds. The summed E-state index contributed by atoms with van der Waals surface area (Å²) in [5, 5.41) is 6.94. The Labute approximate surface area is 246 Å². The number of methoxy groups -OCH3 is 2. The predicted octanol–water partition coefficient (Wildman–Crippen LogP) is 4.97. The SMILES string of the molecule is COc1ccc(NCCC[n+]2ccn(CCSSCCn3cc[n+](CCCNc4ccc(OC)cc4)c3)c2)cc1. The molecule has 40 heavy (non-hydrogen) atoms. The maximum Gasteiger partial charge on any atom is 0.243 e. The van der Waals surface area contributed by atoms with E-state index in [2.05, 4.69) is 90.6 Å². The van der Waals surface area contributed by atoms with Crippen LogP contribution in [0.15, 0.2) is 86.0 Å². The number of nitrogens with zero attached hydrogens (tertiary/aromatic N) is 4. The van der Waals surface area contributed by atoms with Crippen LogP contribution < -0.4 is 29.2 Å². The molecule has 0 spiro atoms. The molecule has 0 atom stereocenters. The molecule has 0 bridgehead atoms. The van der Waals surface area contributed by atoms with Gasteiger partial charge < -0.3 is 20.1 Å². The van der Waals surface area contributed by atoms with E-state index < -0.39 is 0 Å². The van der Waals surface area contributed by atoms with E-state index in [1.54, 1.807) is 14.2 Å². The highest BCUT2D eigenvalue weighted by Gasteiger charge is 2.06. The molecule has 4 aromatic rings. The molecular formula is C30H42N6O2S2+2. The molecule has 0 radical (unpaired) electrons. The number of hydrogen-bond donors (Lipinski definition) is 2. The van der Waals surface area contributed by atoms with Gasteiger partial charge in [0.1, 0.15) is 36.3 Å². The molecule has 214 valence electrons. The number of aromatic nitrogens is 4. The van der Waals surface area contributed by atoms with Crippen LogP contribution in [0.3, 0.4) is 0 Å². The number of hydrogen-bond acceptors (Lipinski definition) is 6. The fourth-order valence-electron chi connectivity index (χ4n) is 4.22. The maximum absolute atomic E-state index is 5.21. The quantitative estimate of drug-likeness (QED) is 0.0926. The van der Waals surface area contributed by atoms with Crippen LogP contribution in [0.1, 0.15) is 12.8 Å². The van der Waals surface area contributed by atoms with E-state index >= 15 is 0 Å². The molecule has 8 nitrogen and oxygen atoms in total. The van der Waals surface area contributed by atoms with Gasteiger partial charge in [0.25, 0.3) is 0 Å². The van der Waals surface area contributed by atoms with Gasteiger partial charge in [0.05, 0.1) is 40.4 Å². The highest BCUT2D eigenvalue weighted by molar-refractivity contribution is 8.76. The van der Waals surface area contributed by atoms with Gasteiger partial charge in [-0.2, -0.15) is 0 Å². The third-order valence-electron chi connectivity index (χ3n) is 6.47. The first-order valence-corrected chi connectivity index (χ1v) is 16.3. The van der Waals surface area contributed by atoms with Gasteiger partial charge in [-0.15, -0.1) is 0 Å². The molecule has 2 N–H and O–H groups in total. The third kappa shape index (κ3) is 10.4. The van der Waals surface area contributed by atoms with Gasteiger partial charge >= 0.3 is 0 Å². The molecule has 2 aromatic heterocycles. The monoisotopic (exact) mass is 582 g/mol. The summed E-state index contributed by atoms with van der Waals surface area (Å²) in [6.45, 7) is 5.97. The Morgan fingerprint density at radius 1 is 0.650 bits per heavy atom. The highest BCUT2D eigenvalue weighted by atomic mass is 33.1. The van der Waals surface area contributed by atoms with Crippen LogP contribution in [-0.2, 0) is 26.2 Å². The smallest absolute Gasteiger partial charge is 0.243 e. The standard InChI is InChI=1S/C30H42N6O2S2/c1-37-29-9-5-27(6-10-29)31-13-3-15-33-17-19-35(25-33)21-23-39-40-24-22-36-20-18-34(26-36)16-4-14-32-28-7-11-30(38-2)12-8-28/h5-12,17-20,25-26,31-32H,3-4,13-16,21-24H2,1-2H3/q+2. The molecule has 0 aliphatic rings. The summed E-state index contributed by atoms with van der Waals surface area (Å²) in [6, 6.07) is 16.1. The second kappa shape index (κ2) is 16.8. The van der Waals surface area contributed by atoms with Gasteiger partial charge in [0.2, 0.25) is 12.7 Å². The van der Waals surface area contributed by atoms with Gasteiger partial charge in [0.15, 0.2) is 0 Å². The fraction of sp³-hybridized carbons (Fsp3) is 0.400. The highest BCUT2D eigenvalue weighted by Crippen LogP contribution is 2.21. The Morgan fingerprint density at radius 2 is 1.07 bits per heavy atom. The minimum absolute atomic E-state index is 0.884. The Morgan fingerprint density at radius 3 is 1.48 bits per heavy atom. The molecule has 10 heteroatoms. The normalized spacial score (nSPS) is 10.9. The first kappa shape index (κ1) is 29.7. The summed E-state index contributed by atoms with van der Waals surface area (Å²) in [4.78, 5) is 0. The summed E-state index contributed by atoms with van der Waals surface area (Å²) in [6.07, 6.45) is 15.3. The number of imidazole rings is 2. The average molecular weight is 583 g/mol. The lowest BCUT2D eigenvalue weighted by Gasteiger charge is -2.06. The van der Waals surface area contributed by atoms with E-state index in [1.807, 2.05) is 45.9 Å². The molecule has 0 saturated heterocycles. The Kier molecular flexibility index (Phi) is 12.5. The van der Waals surface area contributed by atoms with Crippen molar-refractivity contribution in [3.05, 3.63) is 86.0 Å². The minimum Gasteiger partial charge on any atom is -0.497 e. The van der Waals surface area contributed by atoms with Crippen LogP contribution in [0, 0.1) is 0 Å². The van der Waals surface area contributed by atoms with Gasteiger partial charge in [0, 0.05) is 48.8 Å². The predicted molar refractivity (Wildman–Crippen MR) is 166 cm³/mol. The molecule has 0 saturated carbocycles. The van der Waals surface area contributed by atoms with Crippen molar-refractivity contribution in [1.82, 2.24) is 9.13 Å². The molecule has 0 aliphatic carbocycles. The number of ether oxygens (including phenoxy) is 2. The second-order valence-corrected chi connectivity index (χ2v) is 12.1. The molecule has 2 aromatic carbocycles. The van der Waals surface area contributed by atoms with E-state index in [9.17, 15) is 0 Å². The largest absolute Gasteiger partial charge is 0.497 e. The van der Waals surface area contributed by atoms with Crippen molar-refractivity contribution in [2.75, 3.05) is 49.4 Å². The van der Waals surface area contributed by atoms with Crippen LogP contribution in [0.5, 0.6) is 11.5 Å². The van der Waals surface area contributed by atoms with E-state index in [1.165, 1.54) is 0 Å². The van der Waals surface area contributed by atoms with Crippen molar-refractivity contribution in [3.63, 3.8) is 0 Å². The van der Waals surface area contributed by atoms with Crippen molar-refractivity contribution >= 4 is 33.0 Å². The molecule has 2 heterocycles. The number of aryl methyl sites for hydroxylation is 4. The van der Waals surface area contributed by atoms with Crippen molar-refractivity contribution < 1.29 is 18.6 Å². The number of nitrogens with one attached hydrogen (secondary N) is 2. The van der Waals surface area contributed by atoms with Crippen LogP contribution in [0.4, 0.5) is 11.4 Å². The zero-order chi connectivity index (χ0) is 27.8. The Bertz CT molecular complexity index is 1150. The van der Waals surface area contributed by atoms with Crippen molar-refractivity contribution in [1.29, 1.82) is 0 Å². The van der Waals surface area contributed by atoms with Crippen molar-refractivity contribution in [2.24, 2.45) is 0 Å². The Hall–Kier alpha value is -3.24. The van der Waals surface area contributed by atoms with Crippen LogP contribution in [-0.4, -0.2) is 47.9 Å². The molecule has 0 aliphatic heterocycles. The summed E-state index contributed by atoms with van der Waals surface area (Å²) < 4.78 is 19.5. The van der Waals surface area contributed by atoms with Gasteiger partial charge in [-0.25, -0.2) is 18.3 Å². The zero-order valence-corrected chi connectivity index (χ0v) is 25.2.